The summed E-state index contributed by atoms with van der Waals surface area (Å²) in [6, 6.07) is 7.46. The van der Waals surface area contributed by atoms with E-state index in [0.29, 0.717) is 22.3 Å². The van der Waals surface area contributed by atoms with Gasteiger partial charge in [0, 0.05) is 22.3 Å². The Balaban J connectivity index is 2.18. The Morgan fingerprint density at radius 1 is 1.25 bits per heavy atom. The normalized spacial score (nSPS) is 11.6. The van der Waals surface area contributed by atoms with Crippen molar-refractivity contribution in [3.05, 3.63) is 30.3 Å². The van der Waals surface area contributed by atoms with Gasteiger partial charge in [-0.1, -0.05) is 17.2 Å². The number of fused-ring (bicyclic) bond motifs is 1. The van der Waals surface area contributed by atoms with E-state index < -0.39 is 16.1 Å². The van der Waals surface area contributed by atoms with E-state index in [-0.39, 0.29) is 21.7 Å². The zero-order valence-electron chi connectivity index (χ0n) is 11.7. The van der Waals surface area contributed by atoms with E-state index in [1.807, 2.05) is 0 Å². The number of rotatable bonds is 7. The van der Waals surface area contributed by atoms with Crippen LogP contribution >= 0.6 is 24.1 Å². The molecule has 0 unspecified atom stereocenters. The van der Waals surface area contributed by atoms with Crippen molar-refractivity contribution >= 4 is 56.6 Å². The zero-order chi connectivity index (χ0) is 17.7. The van der Waals surface area contributed by atoms with Crippen molar-refractivity contribution in [2.75, 3.05) is 11.5 Å². The summed E-state index contributed by atoms with van der Waals surface area (Å²) < 4.78 is 41.1. The summed E-state index contributed by atoms with van der Waals surface area (Å²) in [5.74, 6) is -0.858. The van der Waals surface area contributed by atoms with Gasteiger partial charge in [0.1, 0.15) is 10.6 Å². The number of nitrogens with two attached hydrogens (primary N) is 1. The van der Waals surface area contributed by atoms with Gasteiger partial charge in [0.05, 0.1) is 17.7 Å². The van der Waals surface area contributed by atoms with Gasteiger partial charge in [-0.05, 0) is 23.6 Å². The first-order valence-corrected chi connectivity index (χ1v) is 9.19. The second-order valence-corrected chi connectivity index (χ2v) is 7.11. The summed E-state index contributed by atoms with van der Waals surface area (Å²) in [5, 5.41) is 12.0. The highest BCUT2D eigenvalue weighted by Crippen LogP contribution is 2.32. The summed E-state index contributed by atoms with van der Waals surface area (Å²) in [7, 11) is -4.48. The summed E-state index contributed by atoms with van der Waals surface area (Å²) >= 11 is 1.29. The lowest BCUT2D eigenvalue weighted by molar-refractivity contribution is -0.432. The third kappa shape index (κ3) is 4.73. The first kappa shape index (κ1) is 18.8. The van der Waals surface area contributed by atoms with Crippen LogP contribution in [0.15, 0.2) is 40.1 Å². The fraction of sp³-hybridized carbons (Fsp3) is 0.0833. The van der Waals surface area contributed by atoms with Gasteiger partial charge in [0.25, 0.3) is 10.1 Å². The van der Waals surface area contributed by atoms with Crippen LogP contribution in [0, 0.1) is 0 Å². The molecule has 2 aromatic rings. The van der Waals surface area contributed by atoms with Crippen molar-refractivity contribution in [1.82, 2.24) is 0 Å². The monoisotopic (exact) mass is 393 g/mol. The van der Waals surface area contributed by atoms with Gasteiger partial charge in [-0.3, -0.25) is 9.35 Å². The van der Waals surface area contributed by atoms with Crippen LogP contribution in [0.25, 0.3) is 10.8 Å². The highest BCUT2D eigenvalue weighted by molar-refractivity contribution is 7.96. The second-order valence-electron chi connectivity index (χ2n) is 4.29. The Morgan fingerprint density at radius 2 is 2.00 bits per heavy atom. The van der Waals surface area contributed by atoms with Crippen molar-refractivity contribution in [2.45, 2.75) is 9.79 Å². The molecule has 4 N–H and O–H groups in total. The first-order valence-electron chi connectivity index (χ1n) is 6.09. The highest BCUT2D eigenvalue weighted by atomic mass is 32.2. The molecular formula is C12H11NO8S3. The van der Waals surface area contributed by atoms with Gasteiger partial charge >= 0.3 is 5.97 Å². The molecule has 0 spiro atoms. The number of hydrogen-bond acceptors (Lipinski definition) is 10. The number of carbonyl (C=O) groups excluding carboxylic acids is 1. The Morgan fingerprint density at radius 3 is 2.67 bits per heavy atom. The molecule has 0 aliphatic heterocycles. The lowest BCUT2D eigenvalue weighted by atomic mass is 10.1. The molecule has 12 heteroatoms. The molecular weight excluding hydrogens is 382 g/mol. The third-order valence-corrected chi connectivity index (χ3v) is 4.91. The molecule has 0 aromatic heterocycles. The van der Waals surface area contributed by atoms with Crippen LogP contribution in [0.3, 0.4) is 0 Å². The zero-order valence-corrected chi connectivity index (χ0v) is 14.2. The molecule has 0 amide bonds. The Kier molecular flexibility index (Phi) is 6.28. The van der Waals surface area contributed by atoms with E-state index in [4.69, 9.17) is 15.2 Å². The van der Waals surface area contributed by atoms with Gasteiger partial charge < -0.3 is 9.92 Å². The van der Waals surface area contributed by atoms with Gasteiger partial charge in [-0.15, -0.1) is 4.33 Å². The van der Waals surface area contributed by atoms with E-state index in [9.17, 15) is 17.8 Å². The van der Waals surface area contributed by atoms with Crippen molar-refractivity contribution in [1.29, 1.82) is 0 Å². The molecule has 0 bridgehead atoms. The average Bonchev–Trinajstić information content (AvgIpc) is 2.51. The predicted molar refractivity (Wildman–Crippen MR) is 87.4 cm³/mol. The van der Waals surface area contributed by atoms with Crippen LogP contribution in [-0.4, -0.2) is 29.9 Å². The molecule has 9 nitrogen and oxygen atoms in total. The summed E-state index contributed by atoms with van der Waals surface area (Å²) in [5.41, 5.74) is 5.54. The molecule has 0 saturated heterocycles. The van der Waals surface area contributed by atoms with E-state index in [2.05, 4.69) is 9.37 Å². The molecule has 0 aliphatic carbocycles. The maximum absolute atomic E-state index is 11.5. The number of benzene rings is 2. The van der Waals surface area contributed by atoms with Crippen LogP contribution < -0.4 is 5.73 Å². The van der Waals surface area contributed by atoms with E-state index in [1.54, 1.807) is 12.1 Å². The first-order chi connectivity index (χ1) is 11.3. The summed E-state index contributed by atoms with van der Waals surface area (Å²) in [4.78, 5) is 11.5. The van der Waals surface area contributed by atoms with Crippen molar-refractivity contribution in [2.24, 2.45) is 0 Å². The molecule has 0 atom stereocenters. The lowest BCUT2D eigenvalue weighted by Crippen LogP contribution is -2.04. The van der Waals surface area contributed by atoms with Gasteiger partial charge in [0.2, 0.25) is 0 Å². The Labute approximate surface area is 145 Å². The minimum Gasteiger partial charge on any atom is -0.398 e. The molecule has 130 valence electrons. The topological polar surface area (TPSA) is 145 Å². The Bertz CT molecular complexity index is 855. The number of carbonyl (C=O) groups is 1. The molecule has 0 saturated carbocycles. The van der Waals surface area contributed by atoms with Crippen LogP contribution in [0.2, 0.25) is 0 Å². The summed E-state index contributed by atoms with van der Waals surface area (Å²) in [6.45, 7) is 0. The SMILES string of the molecule is Nc1ccc2cc(SOC(=O)CSOOO)ccc2c1S(=O)(=O)O. The quantitative estimate of drug-likeness (QED) is 0.159. The number of hydrogen-bond donors (Lipinski definition) is 3. The van der Waals surface area contributed by atoms with Gasteiger partial charge in [-0.25, -0.2) is 5.26 Å². The van der Waals surface area contributed by atoms with E-state index in [1.165, 1.54) is 18.2 Å². The van der Waals surface area contributed by atoms with Crippen molar-refractivity contribution < 1.29 is 36.6 Å². The minimum atomic E-state index is -4.48. The third-order valence-electron chi connectivity index (χ3n) is 2.72. The van der Waals surface area contributed by atoms with Crippen LogP contribution in [0.5, 0.6) is 0 Å². The average molecular weight is 393 g/mol. The maximum Gasteiger partial charge on any atom is 0.330 e. The van der Waals surface area contributed by atoms with Crippen molar-refractivity contribution in [3.8, 4) is 0 Å². The van der Waals surface area contributed by atoms with Crippen LogP contribution in [0.4, 0.5) is 5.69 Å². The number of anilines is 1. The minimum absolute atomic E-state index is 0.0695. The van der Waals surface area contributed by atoms with Crippen LogP contribution in [-0.2, 0) is 28.5 Å². The molecule has 0 aliphatic rings. The molecule has 2 aromatic carbocycles. The molecule has 24 heavy (non-hydrogen) atoms. The lowest BCUT2D eigenvalue weighted by Gasteiger charge is -2.08. The van der Waals surface area contributed by atoms with E-state index in [0.717, 1.165) is 12.0 Å². The standard InChI is InChI=1S/C12H11NO8S3/c13-10-4-1-7-5-8(23-19-11(14)6-22-21-20-15)2-3-9(7)12(10)24(16,17)18/h1-5,15H,6,13H2,(H,16,17,18). The molecule has 0 radical (unpaired) electrons. The smallest absolute Gasteiger partial charge is 0.330 e. The highest BCUT2D eigenvalue weighted by Gasteiger charge is 2.18. The predicted octanol–water partition coefficient (Wildman–Crippen LogP) is 2.29. The van der Waals surface area contributed by atoms with E-state index >= 15 is 0 Å². The molecule has 0 fully saturated rings. The fourth-order valence-electron chi connectivity index (χ4n) is 1.85. The maximum atomic E-state index is 11.5. The van der Waals surface area contributed by atoms with Crippen molar-refractivity contribution in [3.63, 3.8) is 0 Å². The molecule has 0 heterocycles. The largest absolute Gasteiger partial charge is 0.398 e. The molecule has 2 rings (SSSR count). The van der Waals surface area contributed by atoms with Gasteiger partial charge in [-0.2, -0.15) is 8.42 Å². The second kappa shape index (κ2) is 8.02. The number of nitrogen functional groups attached to an aromatic ring is 1. The van der Waals surface area contributed by atoms with Gasteiger partial charge in [0.15, 0.2) is 0 Å². The Hall–Kier alpha value is -1.54. The summed E-state index contributed by atoms with van der Waals surface area (Å²) in [6.07, 6.45) is 0. The van der Waals surface area contributed by atoms with Crippen LogP contribution in [0.1, 0.15) is 0 Å². The fourth-order valence-corrected chi connectivity index (χ4v) is 3.55.